The lowest BCUT2D eigenvalue weighted by Gasteiger charge is -2.22. The first-order chi connectivity index (χ1) is 14.5. The van der Waals surface area contributed by atoms with E-state index in [-0.39, 0.29) is 17.9 Å². The van der Waals surface area contributed by atoms with Crippen molar-refractivity contribution in [1.29, 1.82) is 0 Å². The van der Waals surface area contributed by atoms with Crippen molar-refractivity contribution < 1.29 is 42.9 Å². The van der Waals surface area contributed by atoms with Gasteiger partial charge in [0.25, 0.3) is 0 Å². The summed E-state index contributed by atoms with van der Waals surface area (Å²) in [4.78, 5) is 47.3. The smallest absolute Gasteiger partial charge is 0.508 e. The lowest BCUT2D eigenvalue weighted by Crippen LogP contribution is -2.47. The van der Waals surface area contributed by atoms with Gasteiger partial charge in [-0.25, -0.2) is 19.2 Å². The number of ether oxygens (including phenoxy) is 4. The minimum absolute atomic E-state index is 0.0977. The Morgan fingerprint density at radius 2 is 1.87 bits per heavy atom. The molecule has 0 aliphatic carbocycles. The third-order valence-corrected chi connectivity index (χ3v) is 3.70. The van der Waals surface area contributed by atoms with Gasteiger partial charge in [-0.15, -0.1) is 0 Å². The number of carbonyl (C=O) groups is 3. The van der Waals surface area contributed by atoms with Crippen molar-refractivity contribution in [3.8, 4) is 5.75 Å². The second-order valence-electron chi connectivity index (χ2n) is 7.34. The average Bonchev–Trinajstić information content (AvgIpc) is 2.66. The third kappa shape index (κ3) is 7.21. The Balaban J connectivity index is 1.98. The summed E-state index contributed by atoms with van der Waals surface area (Å²) < 4.78 is 24.4. The van der Waals surface area contributed by atoms with Crippen LogP contribution in [-0.2, 0) is 30.3 Å². The summed E-state index contributed by atoms with van der Waals surface area (Å²) in [7, 11) is 1.11. The molecule has 0 fully saturated rings. The normalized spacial score (nSPS) is 12.0. The first-order valence-electron chi connectivity index (χ1n) is 9.11. The number of rotatable bonds is 6. The molecule has 1 amide bonds. The highest BCUT2D eigenvalue weighted by molar-refractivity contribution is 5.82. The molecule has 0 aliphatic rings. The van der Waals surface area contributed by atoms with E-state index in [1.54, 1.807) is 20.8 Å². The van der Waals surface area contributed by atoms with Crippen LogP contribution in [0, 0.1) is 0 Å². The van der Waals surface area contributed by atoms with Gasteiger partial charge in [0.15, 0.2) is 6.04 Å². The van der Waals surface area contributed by atoms with E-state index >= 15 is 0 Å². The van der Waals surface area contributed by atoms with Crippen LogP contribution in [0.2, 0.25) is 0 Å². The van der Waals surface area contributed by atoms with Gasteiger partial charge in [0.05, 0.1) is 7.11 Å². The van der Waals surface area contributed by atoms with Gasteiger partial charge in [0.1, 0.15) is 30.1 Å². The van der Waals surface area contributed by atoms with Crippen LogP contribution < -0.4 is 10.9 Å². The summed E-state index contributed by atoms with van der Waals surface area (Å²) in [5.41, 5.74) is -1.06. The van der Waals surface area contributed by atoms with E-state index in [2.05, 4.69) is 10.1 Å². The molecule has 0 unspecified atom stereocenters. The van der Waals surface area contributed by atoms with E-state index in [9.17, 15) is 24.3 Å². The molecule has 1 aromatic heterocycles. The average molecular weight is 437 g/mol. The summed E-state index contributed by atoms with van der Waals surface area (Å²) in [6, 6.07) is 3.94. The van der Waals surface area contributed by atoms with E-state index in [1.165, 1.54) is 18.2 Å². The molecule has 0 spiro atoms. The standard InChI is InChI=1S/C20H23NO10/c1-20(2,3)31-18(25)21-14(17(24)27-4)10-29-19(26)28-9-11-7-16(23)30-15-8-12(22)5-6-13(11)15/h5-8,14,22H,9-10H2,1-4H3,(H,21,25)/t14-/m0/s1. The largest absolute Gasteiger partial charge is 0.508 e. The van der Waals surface area contributed by atoms with Crippen LogP contribution in [-0.4, -0.2) is 48.7 Å². The molecular weight excluding hydrogens is 414 g/mol. The number of methoxy groups -OCH3 is 1. The Hall–Kier alpha value is -3.76. The van der Waals surface area contributed by atoms with Crippen molar-refractivity contribution >= 4 is 29.2 Å². The Morgan fingerprint density at radius 3 is 2.52 bits per heavy atom. The van der Waals surface area contributed by atoms with Gasteiger partial charge in [-0.3, -0.25) is 0 Å². The molecule has 168 valence electrons. The molecular formula is C20H23NO10. The molecule has 2 N–H and O–H groups in total. The van der Waals surface area contributed by atoms with Crippen LogP contribution in [0.1, 0.15) is 26.3 Å². The molecule has 0 saturated carbocycles. The molecule has 11 nitrogen and oxygen atoms in total. The zero-order chi connectivity index (χ0) is 23.2. The Labute approximate surface area is 176 Å². The van der Waals surface area contributed by atoms with E-state index in [4.69, 9.17) is 18.6 Å². The summed E-state index contributed by atoms with van der Waals surface area (Å²) in [5, 5.41) is 12.2. The second kappa shape index (κ2) is 9.83. The summed E-state index contributed by atoms with van der Waals surface area (Å²) in [6.07, 6.45) is -2.05. The first-order valence-corrected chi connectivity index (χ1v) is 9.11. The zero-order valence-electron chi connectivity index (χ0n) is 17.4. The molecule has 11 heteroatoms. The third-order valence-electron chi connectivity index (χ3n) is 3.70. The monoisotopic (exact) mass is 437 g/mol. The molecule has 0 aliphatic heterocycles. The fraction of sp³-hybridized carbons (Fsp3) is 0.400. The van der Waals surface area contributed by atoms with Gasteiger partial charge in [-0.05, 0) is 32.9 Å². The second-order valence-corrected chi connectivity index (χ2v) is 7.34. The Morgan fingerprint density at radius 1 is 1.16 bits per heavy atom. The maximum Gasteiger partial charge on any atom is 0.508 e. The lowest BCUT2D eigenvalue weighted by molar-refractivity contribution is -0.144. The van der Waals surface area contributed by atoms with Gasteiger partial charge in [-0.2, -0.15) is 0 Å². The number of aromatic hydroxyl groups is 1. The van der Waals surface area contributed by atoms with Crippen molar-refractivity contribution in [3.05, 3.63) is 40.2 Å². The van der Waals surface area contributed by atoms with Crippen LogP contribution >= 0.6 is 0 Å². The van der Waals surface area contributed by atoms with Crippen molar-refractivity contribution in [3.63, 3.8) is 0 Å². The number of hydrogen-bond donors (Lipinski definition) is 2. The number of phenols is 1. The van der Waals surface area contributed by atoms with Crippen molar-refractivity contribution in [2.24, 2.45) is 0 Å². The van der Waals surface area contributed by atoms with Crippen LogP contribution in [0.3, 0.4) is 0 Å². The Kier molecular flexibility index (Phi) is 7.46. The molecule has 0 bridgehead atoms. The molecule has 1 heterocycles. The summed E-state index contributed by atoms with van der Waals surface area (Å²) in [5.74, 6) is -0.954. The molecule has 2 rings (SSSR count). The zero-order valence-corrected chi connectivity index (χ0v) is 17.4. The number of hydrogen-bond acceptors (Lipinski definition) is 10. The maximum absolute atomic E-state index is 11.9. The van der Waals surface area contributed by atoms with Crippen LogP contribution in [0.4, 0.5) is 9.59 Å². The van der Waals surface area contributed by atoms with Crippen molar-refractivity contribution in [2.75, 3.05) is 13.7 Å². The maximum atomic E-state index is 11.9. The van der Waals surface area contributed by atoms with E-state index in [0.717, 1.165) is 13.2 Å². The minimum atomic E-state index is -1.32. The summed E-state index contributed by atoms with van der Waals surface area (Å²) >= 11 is 0. The van der Waals surface area contributed by atoms with Crippen molar-refractivity contribution in [2.45, 2.75) is 39.0 Å². The topological polar surface area (TPSA) is 151 Å². The number of phenolic OH excluding ortho intramolecular Hbond substituents is 1. The summed E-state index contributed by atoms with van der Waals surface area (Å²) in [6.45, 7) is 4.01. The van der Waals surface area contributed by atoms with Crippen LogP contribution in [0.5, 0.6) is 5.75 Å². The highest BCUT2D eigenvalue weighted by Crippen LogP contribution is 2.22. The van der Waals surface area contributed by atoms with Crippen molar-refractivity contribution in [1.82, 2.24) is 5.32 Å². The quantitative estimate of drug-likeness (QED) is 0.391. The van der Waals surface area contributed by atoms with Crippen LogP contribution in [0.15, 0.2) is 33.5 Å². The fourth-order valence-electron chi connectivity index (χ4n) is 2.43. The number of esters is 1. The van der Waals surface area contributed by atoms with Gasteiger partial charge in [0.2, 0.25) is 0 Å². The predicted octanol–water partition coefficient (Wildman–Crippen LogP) is 2.22. The van der Waals surface area contributed by atoms with E-state index < -0.39 is 42.1 Å². The van der Waals surface area contributed by atoms with Gasteiger partial charge in [0, 0.05) is 23.1 Å². The number of fused-ring (bicyclic) bond motifs is 1. The van der Waals surface area contributed by atoms with Gasteiger partial charge in [-0.1, -0.05) is 0 Å². The fourth-order valence-corrected chi connectivity index (χ4v) is 2.43. The first kappa shape index (κ1) is 23.5. The molecule has 31 heavy (non-hydrogen) atoms. The number of amides is 1. The van der Waals surface area contributed by atoms with E-state index in [0.29, 0.717) is 10.9 Å². The number of carbonyl (C=O) groups excluding carboxylic acids is 3. The number of alkyl carbamates (subject to hydrolysis) is 1. The Bertz CT molecular complexity index is 1020. The molecule has 2 aromatic rings. The molecule has 0 saturated heterocycles. The highest BCUT2D eigenvalue weighted by Gasteiger charge is 2.26. The molecule has 1 atom stereocenters. The molecule has 1 aromatic carbocycles. The van der Waals surface area contributed by atoms with Crippen LogP contribution in [0.25, 0.3) is 11.0 Å². The highest BCUT2D eigenvalue weighted by atomic mass is 16.7. The lowest BCUT2D eigenvalue weighted by atomic mass is 10.1. The van der Waals surface area contributed by atoms with Gasteiger partial charge < -0.3 is 33.8 Å². The molecule has 0 radical (unpaired) electrons. The number of benzene rings is 1. The number of nitrogens with one attached hydrogen (secondary N) is 1. The SMILES string of the molecule is COC(=O)[C@H](COC(=O)OCc1cc(=O)oc2cc(O)ccc12)NC(=O)OC(C)(C)C. The van der Waals surface area contributed by atoms with E-state index in [1.807, 2.05) is 0 Å². The van der Waals surface area contributed by atoms with Gasteiger partial charge >= 0.3 is 23.8 Å². The minimum Gasteiger partial charge on any atom is -0.508 e. The predicted molar refractivity (Wildman–Crippen MR) is 105 cm³/mol.